The van der Waals surface area contributed by atoms with Crippen LogP contribution in [0, 0.1) is 0 Å². The van der Waals surface area contributed by atoms with E-state index in [1.165, 1.54) is 30.9 Å². The van der Waals surface area contributed by atoms with Crippen molar-refractivity contribution in [3.63, 3.8) is 0 Å². The van der Waals surface area contributed by atoms with Gasteiger partial charge in [0, 0.05) is 33.9 Å². The number of aromatic nitrogens is 1. The number of amides is 1. The van der Waals surface area contributed by atoms with Crippen LogP contribution in [0.3, 0.4) is 0 Å². The van der Waals surface area contributed by atoms with Gasteiger partial charge in [-0.15, -0.1) is 0 Å². The third-order valence-electron chi connectivity index (χ3n) is 3.70. The molecule has 2 rings (SSSR count). The SMILES string of the molecule is CN(C)S(=O)(=O)c1cc(C(=O)NCc2cccc(OCC(=O)O)c2)n(C)c1. The third-order valence-corrected chi connectivity index (χ3v) is 5.49. The van der Waals surface area contributed by atoms with Crippen LogP contribution in [0.25, 0.3) is 0 Å². The Bertz CT molecular complexity index is 949. The summed E-state index contributed by atoms with van der Waals surface area (Å²) in [5.41, 5.74) is 0.912. The van der Waals surface area contributed by atoms with E-state index in [1.54, 1.807) is 31.3 Å². The lowest BCUT2D eigenvalue weighted by molar-refractivity contribution is -0.139. The third kappa shape index (κ3) is 5.08. The Morgan fingerprint density at radius 3 is 2.59 bits per heavy atom. The smallest absolute Gasteiger partial charge is 0.341 e. The maximum absolute atomic E-state index is 12.4. The number of carboxylic acids is 1. The van der Waals surface area contributed by atoms with Crippen molar-refractivity contribution in [1.82, 2.24) is 14.2 Å². The van der Waals surface area contributed by atoms with Gasteiger partial charge < -0.3 is 19.7 Å². The second kappa shape index (κ2) is 8.23. The van der Waals surface area contributed by atoms with E-state index >= 15 is 0 Å². The highest BCUT2D eigenvalue weighted by molar-refractivity contribution is 7.89. The number of carbonyl (C=O) groups is 2. The molecule has 0 aliphatic rings. The van der Waals surface area contributed by atoms with Gasteiger partial charge in [0.1, 0.15) is 16.3 Å². The number of aryl methyl sites for hydroxylation is 1. The van der Waals surface area contributed by atoms with Gasteiger partial charge in [0.2, 0.25) is 10.0 Å². The van der Waals surface area contributed by atoms with Gasteiger partial charge in [-0.1, -0.05) is 12.1 Å². The number of rotatable bonds is 8. The van der Waals surface area contributed by atoms with E-state index in [9.17, 15) is 18.0 Å². The predicted molar refractivity (Wildman–Crippen MR) is 97.0 cm³/mol. The van der Waals surface area contributed by atoms with E-state index in [2.05, 4.69) is 5.32 Å². The standard InChI is InChI=1S/C17H21N3O6S/c1-19(2)27(24,25)14-8-15(20(3)10-14)17(23)18-9-12-5-4-6-13(7-12)26-11-16(21)22/h4-8,10H,9,11H2,1-3H3,(H,18,23)(H,21,22). The highest BCUT2D eigenvalue weighted by Crippen LogP contribution is 2.17. The molecule has 10 heteroatoms. The molecule has 1 aromatic heterocycles. The number of nitrogens with one attached hydrogen (secondary N) is 1. The molecule has 0 spiro atoms. The molecule has 0 aliphatic carbocycles. The Morgan fingerprint density at radius 1 is 1.26 bits per heavy atom. The Hall–Kier alpha value is -2.85. The molecule has 0 saturated heterocycles. The zero-order chi connectivity index (χ0) is 20.2. The largest absolute Gasteiger partial charge is 0.482 e. The highest BCUT2D eigenvalue weighted by Gasteiger charge is 2.22. The summed E-state index contributed by atoms with van der Waals surface area (Å²) in [4.78, 5) is 23.0. The van der Waals surface area contributed by atoms with Crippen LogP contribution in [0.4, 0.5) is 0 Å². The number of ether oxygens (including phenoxy) is 1. The Morgan fingerprint density at radius 2 is 1.96 bits per heavy atom. The van der Waals surface area contributed by atoms with Crippen molar-refractivity contribution in [3.8, 4) is 5.75 Å². The minimum atomic E-state index is -3.63. The van der Waals surface area contributed by atoms with Gasteiger partial charge in [-0.3, -0.25) is 4.79 Å². The second-order valence-corrected chi connectivity index (χ2v) is 8.12. The first-order chi connectivity index (χ1) is 12.6. The van der Waals surface area contributed by atoms with Crippen LogP contribution in [0.5, 0.6) is 5.75 Å². The number of hydrogen-bond acceptors (Lipinski definition) is 5. The van der Waals surface area contributed by atoms with Crippen molar-refractivity contribution >= 4 is 21.9 Å². The van der Waals surface area contributed by atoms with Crippen LogP contribution in [0.2, 0.25) is 0 Å². The molecule has 0 bridgehead atoms. The molecular formula is C17H21N3O6S. The van der Waals surface area contributed by atoms with Gasteiger partial charge in [0.25, 0.3) is 5.91 Å². The first kappa shape index (κ1) is 20.5. The van der Waals surface area contributed by atoms with Crippen LogP contribution in [0.1, 0.15) is 16.1 Å². The summed E-state index contributed by atoms with van der Waals surface area (Å²) in [5, 5.41) is 11.3. The van der Waals surface area contributed by atoms with Gasteiger partial charge in [0.05, 0.1) is 0 Å². The van der Waals surface area contributed by atoms with E-state index in [-0.39, 0.29) is 17.1 Å². The quantitative estimate of drug-likeness (QED) is 0.678. The van der Waals surface area contributed by atoms with Crippen LogP contribution in [-0.4, -0.2) is 55.0 Å². The molecule has 0 aliphatic heterocycles. The fourth-order valence-electron chi connectivity index (χ4n) is 2.28. The number of hydrogen-bond donors (Lipinski definition) is 2. The maximum atomic E-state index is 12.4. The summed E-state index contributed by atoms with van der Waals surface area (Å²) < 4.78 is 32.0. The number of carbonyl (C=O) groups excluding carboxylic acids is 1. The van der Waals surface area contributed by atoms with Gasteiger partial charge in [-0.25, -0.2) is 17.5 Å². The zero-order valence-electron chi connectivity index (χ0n) is 15.2. The molecule has 0 unspecified atom stereocenters. The Kier molecular flexibility index (Phi) is 6.24. The number of benzene rings is 1. The van der Waals surface area contributed by atoms with Crippen LogP contribution in [-0.2, 0) is 28.4 Å². The monoisotopic (exact) mass is 395 g/mol. The summed E-state index contributed by atoms with van der Waals surface area (Å²) in [6.07, 6.45) is 1.38. The second-order valence-electron chi connectivity index (χ2n) is 5.97. The Labute approximate surface area is 157 Å². The highest BCUT2D eigenvalue weighted by atomic mass is 32.2. The topological polar surface area (TPSA) is 118 Å². The van der Waals surface area contributed by atoms with E-state index in [1.807, 2.05) is 0 Å². The molecular weight excluding hydrogens is 374 g/mol. The molecule has 1 amide bonds. The Balaban J connectivity index is 2.07. The average molecular weight is 395 g/mol. The first-order valence-corrected chi connectivity index (χ1v) is 9.36. The molecule has 2 aromatic rings. The molecule has 1 aromatic carbocycles. The number of nitrogens with zero attached hydrogens (tertiary/aromatic N) is 2. The fraction of sp³-hybridized carbons (Fsp3) is 0.294. The zero-order valence-corrected chi connectivity index (χ0v) is 16.0. The minimum Gasteiger partial charge on any atom is -0.482 e. The summed E-state index contributed by atoms with van der Waals surface area (Å²) in [6, 6.07) is 7.99. The van der Waals surface area contributed by atoms with E-state index < -0.39 is 28.5 Å². The van der Waals surface area contributed by atoms with Crippen molar-refractivity contribution in [2.24, 2.45) is 7.05 Å². The maximum Gasteiger partial charge on any atom is 0.341 e. The van der Waals surface area contributed by atoms with E-state index in [0.717, 1.165) is 4.31 Å². The van der Waals surface area contributed by atoms with Gasteiger partial charge in [0.15, 0.2) is 6.61 Å². The predicted octanol–water partition coefficient (Wildman–Crippen LogP) is 0.669. The van der Waals surface area contributed by atoms with Crippen molar-refractivity contribution in [2.75, 3.05) is 20.7 Å². The van der Waals surface area contributed by atoms with E-state index in [0.29, 0.717) is 11.3 Å². The summed E-state index contributed by atoms with van der Waals surface area (Å²) in [7, 11) is 0.793. The lowest BCUT2D eigenvalue weighted by atomic mass is 10.2. The summed E-state index contributed by atoms with van der Waals surface area (Å²) >= 11 is 0. The van der Waals surface area contributed by atoms with Crippen molar-refractivity contribution in [1.29, 1.82) is 0 Å². The van der Waals surface area contributed by atoms with Gasteiger partial charge >= 0.3 is 5.97 Å². The number of sulfonamides is 1. The van der Waals surface area contributed by atoms with Crippen molar-refractivity contribution in [2.45, 2.75) is 11.4 Å². The molecule has 0 atom stereocenters. The van der Waals surface area contributed by atoms with Crippen LogP contribution >= 0.6 is 0 Å². The van der Waals surface area contributed by atoms with Crippen LogP contribution in [0.15, 0.2) is 41.4 Å². The van der Waals surface area contributed by atoms with Gasteiger partial charge in [-0.2, -0.15) is 0 Å². The molecule has 0 radical (unpaired) electrons. The lowest BCUT2D eigenvalue weighted by Crippen LogP contribution is -2.24. The lowest BCUT2D eigenvalue weighted by Gasteiger charge is -2.08. The molecule has 0 saturated carbocycles. The van der Waals surface area contributed by atoms with Crippen molar-refractivity contribution < 1.29 is 27.9 Å². The molecule has 1 heterocycles. The van der Waals surface area contributed by atoms with E-state index in [4.69, 9.17) is 9.84 Å². The fourth-order valence-corrected chi connectivity index (χ4v) is 3.25. The molecule has 146 valence electrons. The molecule has 9 nitrogen and oxygen atoms in total. The van der Waals surface area contributed by atoms with Gasteiger partial charge in [-0.05, 0) is 23.8 Å². The first-order valence-electron chi connectivity index (χ1n) is 7.92. The average Bonchev–Trinajstić information content (AvgIpc) is 3.00. The molecule has 2 N–H and O–H groups in total. The number of aliphatic carboxylic acids is 1. The summed E-state index contributed by atoms with van der Waals surface area (Å²) in [5.74, 6) is -1.14. The minimum absolute atomic E-state index is 0.0317. The number of carboxylic acid groups (broad SMARTS) is 1. The normalized spacial score (nSPS) is 11.4. The molecule has 27 heavy (non-hydrogen) atoms. The van der Waals surface area contributed by atoms with Crippen molar-refractivity contribution in [3.05, 3.63) is 47.8 Å². The summed E-state index contributed by atoms with van der Waals surface area (Å²) in [6.45, 7) is -0.285. The molecule has 0 fully saturated rings. The van der Waals surface area contributed by atoms with Crippen LogP contribution < -0.4 is 10.1 Å².